The zero-order chi connectivity index (χ0) is 13.4. The number of phenolic OH excluding ortho intramolecular Hbond substituents is 1. The average molecular weight is 250 g/mol. The van der Waals surface area contributed by atoms with Gasteiger partial charge in [-0.15, -0.1) is 0 Å². The summed E-state index contributed by atoms with van der Waals surface area (Å²) < 4.78 is 4.95. The zero-order valence-corrected chi connectivity index (χ0v) is 10.5. The molecule has 0 unspecified atom stereocenters. The van der Waals surface area contributed by atoms with Crippen LogP contribution in [-0.2, 0) is 9.53 Å². The summed E-state index contributed by atoms with van der Waals surface area (Å²) in [6.45, 7) is 2.44. The van der Waals surface area contributed by atoms with E-state index in [9.17, 15) is 9.59 Å². The molecule has 4 heteroatoms. The molecule has 1 aromatic rings. The zero-order valence-electron chi connectivity index (χ0n) is 10.5. The molecule has 0 aliphatic carbocycles. The molecule has 4 nitrogen and oxygen atoms in total. The van der Waals surface area contributed by atoms with Gasteiger partial charge in [-0.1, -0.05) is 19.8 Å². The molecule has 0 spiro atoms. The fourth-order valence-electron chi connectivity index (χ4n) is 1.47. The van der Waals surface area contributed by atoms with Crippen LogP contribution in [0.1, 0.15) is 43.0 Å². The van der Waals surface area contributed by atoms with Gasteiger partial charge in [0, 0.05) is 5.56 Å². The van der Waals surface area contributed by atoms with Crippen LogP contribution in [0.5, 0.6) is 5.75 Å². The predicted molar refractivity (Wildman–Crippen MR) is 67.5 cm³/mol. The Morgan fingerprint density at radius 1 is 1.17 bits per heavy atom. The maximum absolute atomic E-state index is 11.7. The minimum absolute atomic E-state index is 0.0914. The Hall–Kier alpha value is -1.84. The molecule has 98 valence electrons. The molecular weight excluding hydrogens is 232 g/mol. The molecular formula is C14H18O4. The van der Waals surface area contributed by atoms with Crippen LogP contribution in [0.3, 0.4) is 0 Å². The highest BCUT2D eigenvalue weighted by Gasteiger charge is 2.12. The van der Waals surface area contributed by atoms with E-state index < -0.39 is 5.97 Å². The minimum Gasteiger partial charge on any atom is -0.508 e. The summed E-state index contributed by atoms with van der Waals surface area (Å²) in [6.07, 6.45) is 2.65. The number of ether oxygens (including phenoxy) is 1. The van der Waals surface area contributed by atoms with Gasteiger partial charge in [-0.3, -0.25) is 9.59 Å². The van der Waals surface area contributed by atoms with Gasteiger partial charge in [-0.2, -0.15) is 0 Å². The summed E-state index contributed by atoms with van der Waals surface area (Å²) in [6, 6.07) is 5.81. The Balaban J connectivity index is 2.35. The van der Waals surface area contributed by atoms with Crippen molar-refractivity contribution in [2.24, 2.45) is 0 Å². The van der Waals surface area contributed by atoms with E-state index in [0.29, 0.717) is 12.2 Å². The standard InChI is InChI=1S/C14H18O4/c1-2-3-4-9-18-14(17)10-13(16)11-5-7-12(15)8-6-11/h5-8,15H,2-4,9-10H2,1H3. The van der Waals surface area contributed by atoms with E-state index >= 15 is 0 Å². The van der Waals surface area contributed by atoms with Crippen LogP contribution in [0.15, 0.2) is 24.3 Å². The number of rotatable bonds is 7. The lowest BCUT2D eigenvalue weighted by Crippen LogP contribution is -2.12. The molecule has 0 fully saturated rings. The van der Waals surface area contributed by atoms with Crippen molar-refractivity contribution in [2.75, 3.05) is 6.61 Å². The normalized spacial score (nSPS) is 10.1. The van der Waals surface area contributed by atoms with E-state index in [-0.39, 0.29) is 18.0 Å². The van der Waals surface area contributed by atoms with Crippen molar-refractivity contribution in [2.45, 2.75) is 32.6 Å². The van der Waals surface area contributed by atoms with Crippen molar-refractivity contribution in [3.8, 4) is 5.75 Å². The summed E-state index contributed by atoms with van der Waals surface area (Å²) in [5, 5.41) is 9.08. The van der Waals surface area contributed by atoms with Gasteiger partial charge in [0.2, 0.25) is 0 Å². The van der Waals surface area contributed by atoms with Crippen LogP contribution in [0, 0.1) is 0 Å². The molecule has 0 aromatic heterocycles. The largest absolute Gasteiger partial charge is 0.508 e. The molecule has 18 heavy (non-hydrogen) atoms. The summed E-state index contributed by atoms with van der Waals surface area (Å²) in [5.74, 6) is -0.701. The van der Waals surface area contributed by atoms with Crippen LogP contribution in [0.25, 0.3) is 0 Å². The highest BCUT2D eigenvalue weighted by Crippen LogP contribution is 2.11. The Morgan fingerprint density at radius 2 is 1.83 bits per heavy atom. The lowest BCUT2D eigenvalue weighted by atomic mass is 10.1. The lowest BCUT2D eigenvalue weighted by Gasteiger charge is -2.04. The number of Topliss-reactive ketones (excluding diaryl/α,β-unsaturated/α-hetero) is 1. The number of carbonyl (C=O) groups is 2. The van der Waals surface area contributed by atoms with Gasteiger partial charge in [0.15, 0.2) is 5.78 Å². The number of unbranched alkanes of at least 4 members (excludes halogenated alkanes) is 2. The second-order valence-corrected chi connectivity index (χ2v) is 4.07. The number of aromatic hydroxyl groups is 1. The predicted octanol–water partition coefficient (Wildman–Crippen LogP) is 2.70. The fraction of sp³-hybridized carbons (Fsp3) is 0.429. The van der Waals surface area contributed by atoms with Gasteiger partial charge in [-0.05, 0) is 30.7 Å². The number of ketones is 1. The van der Waals surface area contributed by atoms with Crippen LogP contribution in [-0.4, -0.2) is 23.5 Å². The SMILES string of the molecule is CCCCCOC(=O)CC(=O)c1ccc(O)cc1. The van der Waals surface area contributed by atoms with E-state index in [1.807, 2.05) is 0 Å². The number of hydrogen-bond acceptors (Lipinski definition) is 4. The van der Waals surface area contributed by atoms with E-state index in [2.05, 4.69) is 6.92 Å². The number of phenols is 1. The molecule has 0 bridgehead atoms. The Kier molecular flexibility index (Phi) is 5.91. The molecule has 0 saturated carbocycles. The Labute approximate surface area is 107 Å². The highest BCUT2D eigenvalue weighted by atomic mass is 16.5. The number of esters is 1. The van der Waals surface area contributed by atoms with Crippen molar-refractivity contribution < 1.29 is 19.4 Å². The van der Waals surface area contributed by atoms with Crippen molar-refractivity contribution in [3.05, 3.63) is 29.8 Å². The quantitative estimate of drug-likeness (QED) is 0.350. The maximum atomic E-state index is 11.7. The Morgan fingerprint density at radius 3 is 2.44 bits per heavy atom. The lowest BCUT2D eigenvalue weighted by molar-refractivity contribution is -0.142. The van der Waals surface area contributed by atoms with Crippen molar-refractivity contribution in [3.63, 3.8) is 0 Å². The second kappa shape index (κ2) is 7.48. The monoisotopic (exact) mass is 250 g/mol. The third-order valence-electron chi connectivity index (χ3n) is 2.51. The summed E-state index contributed by atoms with van der Waals surface area (Å²) in [5.41, 5.74) is 0.401. The molecule has 1 aromatic carbocycles. The molecule has 0 amide bonds. The van der Waals surface area contributed by atoms with Gasteiger partial charge in [0.25, 0.3) is 0 Å². The number of carbonyl (C=O) groups excluding carboxylic acids is 2. The summed E-state index contributed by atoms with van der Waals surface area (Å²) in [4.78, 5) is 23.0. The first kappa shape index (κ1) is 14.2. The molecule has 0 radical (unpaired) electrons. The molecule has 0 aliphatic rings. The van der Waals surface area contributed by atoms with Gasteiger partial charge in [0.1, 0.15) is 12.2 Å². The first-order chi connectivity index (χ1) is 8.63. The fourth-order valence-corrected chi connectivity index (χ4v) is 1.47. The maximum Gasteiger partial charge on any atom is 0.313 e. The molecule has 0 saturated heterocycles. The summed E-state index contributed by atoms with van der Waals surface area (Å²) in [7, 11) is 0. The minimum atomic E-state index is -0.496. The van der Waals surface area contributed by atoms with E-state index in [1.54, 1.807) is 0 Å². The van der Waals surface area contributed by atoms with Crippen LogP contribution >= 0.6 is 0 Å². The first-order valence-corrected chi connectivity index (χ1v) is 6.11. The number of hydrogen-bond donors (Lipinski definition) is 1. The van der Waals surface area contributed by atoms with Crippen molar-refractivity contribution in [1.29, 1.82) is 0 Å². The van der Waals surface area contributed by atoms with Crippen LogP contribution in [0.2, 0.25) is 0 Å². The van der Waals surface area contributed by atoms with Crippen LogP contribution in [0.4, 0.5) is 0 Å². The molecule has 0 heterocycles. The van der Waals surface area contributed by atoms with E-state index in [4.69, 9.17) is 9.84 Å². The van der Waals surface area contributed by atoms with Gasteiger partial charge in [-0.25, -0.2) is 0 Å². The molecule has 1 N–H and O–H groups in total. The van der Waals surface area contributed by atoms with E-state index in [1.165, 1.54) is 24.3 Å². The van der Waals surface area contributed by atoms with Crippen LogP contribution < -0.4 is 0 Å². The van der Waals surface area contributed by atoms with Crippen molar-refractivity contribution in [1.82, 2.24) is 0 Å². The van der Waals surface area contributed by atoms with Gasteiger partial charge in [0.05, 0.1) is 6.61 Å². The van der Waals surface area contributed by atoms with Gasteiger partial charge < -0.3 is 9.84 Å². The first-order valence-electron chi connectivity index (χ1n) is 6.11. The van der Waals surface area contributed by atoms with Crippen molar-refractivity contribution >= 4 is 11.8 Å². The smallest absolute Gasteiger partial charge is 0.313 e. The average Bonchev–Trinajstić information content (AvgIpc) is 2.35. The number of benzene rings is 1. The second-order valence-electron chi connectivity index (χ2n) is 4.07. The highest BCUT2D eigenvalue weighted by molar-refractivity contribution is 6.05. The molecule has 1 rings (SSSR count). The van der Waals surface area contributed by atoms with E-state index in [0.717, 1.165) is 19.3 Å². The summed E-state index contributed by atoms with van der Waals surface area (Å²) >= 11 is 0. The third kappa shape index (κ3) is 4.99. The molecule has 0 atom stereocenters. The molecule has 0 aliphatic heterocycles. The Bertz CT molecular complexity index is 395. The third-order valence-corrected chi connectivity index (χ3v) is 2.51. The van der Waals surface area contributed by atoms with Gasteiger partial charge >= 0.3 is 5.97 Å². The topological polar surface area (TPSA) is 63.6 Å².